The normalized spacial score (nSPS) is 20.6. The van der Waals surface area contributed by atoms with Gasteiger partial charge in [-0.2, -0.15) is 0 Å². The standard InChI is InChI=1S/C18H29N3O2.HI/c1-14(2)23-16-8-5-7-15(11-16)12-20-17(19-4)21-13-18(3)9-6-10-22-18;/h5,7-8,11,14H,6,9-10,12-13H2,1-4H3,(H2,19,20,21);1H. The molecule has 2 N–H and O–H groups in total. The van der Waals surface area contributed by atoms with Gasteiger partial charge < -0.3 is 20.1 Å². The third kappa shape index (κ3) is 6.84. The summed E-state index contributed by atoms with van der Waals surface area (Å²) >= 11 is 0. The van der Waals surface area contributed by atoms with E-state index in [4.69, 9.17) is 9.47 Å². The number of halogens is 1. The largest absolute Gasteiger partial charge is 0.491 e. The molecule has 1 unspecified atom stereocenters. The SMILES string of the molecule is CN=C(NCc1cccc(OC(C)C)c1)NCC1(C)CCCO1.I. The molecule has 0 bridgehead atoms. The zero-order valence-corrected chi connectivity index (χ0v) is 17.4. The van der Waals surface area contributed by atoms with Crippen molar-refractivity contribution in [2.24, 2.45) is 4.99 Å². The molecule has 0 aromatic heterocycles. The molecule has 1 atom stereocenters. The zero-order chi connectivity index (χ0) is 16.7. The Morgan fingerprint density at radius 2 is 2.17 bits per heavy atom. The van der Waals surface area contributed by atoms with Gasteiger partial charge in [-0.25, -0.2) is 0 Å². The summed E-state index contributed by atoms with van der Waals surface area (Å²) in [4.78, 5) is 4.27. The molecule has 1 fully saturated rings. The first kappa shape index (κ1) is 21.0. The molecule has 1 aromatic rings. The van der Waals surface area contributed by atoms with Crippen LogP contribution in [-0.4, -0.2) is 37.9 Å². The summed E-state index contributed by atoms with van der Waals surface area (Å²) in [5, 5.41) is 6.69. The molecule has 1 aromatic carbocycles. The number of guanidine groups is 1. The fourth-order valence-electron chi connectivity index (χ4n) is 2.65. The van der Waals surface area contributed by atoms with Gasteiger partial charge in [0.25, 0.3) is 0 Å². The van der Waals surface area contributed by atoms with E-state index in [1.807, 2.05) is 26.0 Å². The molecule has 1 heterocycles. The van der Waals surface area contributed by atoms with E-state index in [1.54, 1.807) is 7.05 Å². The summed E-state index contributed by atoms with van der Waals surface area (Å²) in [5.74, 6) is 1.69. The molecule has 5 nitrogen and oxygen atoms in total. The van der Waals surface area contributed by atoms with Gasteiger partial charge >= 0.3 is 0 Å². The summed E-state index contributed by atoms with van der Waals surface area (Å²) in [6.07, 6.45) is 2.40. The summed E-state index contributed by atoms with van der Waals surface area (Å²) in [6.45, 7) is 8.53. The zero-order valence-electron chi connectivity index (χ0n) is 15.1. The van der Waals surface area contributed by atoms with Crippen molar-refractivity contribution in [3.63, 3.8) is 0 Å². The molecule has 0 radical (unpaired) electrons. The van der Waals surface area contributed by atoms with Crippen LogP contribution >= 0.6 is 24.0 Å². The van der Waals surface area contributed by atoms with Crippen molar-refractivity contribution in [2.45, 2.75) is 51.9 Å². The minimum atomic E-state index is -0.0807. The Bertz CT molecular complexity index is 529. The molecule has 1 aliphatic rings. The van der Waals surface area contributed by atoms with Gasteiger partial charge in [-0.3, -0.25) is 4.99 Å². The van der Waals surface area contributed by atoms with E-state index in [1.165, 1.54) is 0 Å². The minimum Gasteiger partial charge on any atom is -0.491 e. The van der Waals surface area contributed by atoms with Crippen LogP contribution in [0.1, 0.15) is 39.2 Å². The Kier molecular flexibility index (Phi) is 8.83. The lowest BCUT2D eigenvalue weighted by atomic mass is 10.0. The van der Waals surface area contributed by atoms with Gasteiger partial charge in [0.15, 0.2) is 5.96 Å². The molecule has 0 amide bonds. The Hall–Kier alpha value is -1.02. The highest BCUT2D eigenvalue weighted by Crippen LogP contribution is 2.23. The quantitative estimate of drug-likeness (QED) is 0.399. The van der Waals surface area contributed by atoms with Crippen molar-refractivity contribution in [3.8, 4) is 5.75 Å². The minimum absolute atomic E-state index is 0. The van der Waals surface area contributed by atoms with Crippen molar-refractivity contribution in [2.75, 3.05) is 20.2 Å². The van der Waals surface area contributed by atoms with Crippen molar-refractivity contribution in [1.82, 2.24) is 10.6 Å². The van der Waals surface area contributed by atoms with Crippen LogP contribution in [0, 0.1) is 0 Å². The maximum absolute atomic E-state index is 5.79. The second kappa shape index (κ2) is 10.1. The first-order valence-electron chi connectivity index (χ1n) is 8.35. The lowest BCUT2D eigenvalue weighted by molar-refractivity contribution is 0.0243. The van der Waals surface area contributed by atoms with Gasteiger partial charge in [-0.15, -0.1) is 24.0 Å². The highest BCUT2D eigenvalue weighted by atomic mass is 127. The predicted molar refractivity (Wildman–Crippen MR) is 109 cm³/mol. The lowest BCUT2D eigenvalue weighted by Crippen LogP contribution is -2.45. The van der Waals surface area contributed by atoms with Crippen LogP contribution in [-0.2, 0) is 11.3 Å². The maximum Gasteiger partial charge on any atom is 0.191 e. The van der Waals surface area contributed by atoms with Crippen molar-refractivity contribution in [1.29, 1.82) is 0 Å². The number of nitrogens with zero attached hydrogens (tertiary/aromatic N) is 1. The number of nitrogens with one attached hydrogen (secondary N) is 2. The van der Waals surface area contributed by atoms with Crippen LogP contribution in [0.25, 0.3) is 0 Å². The van der Waals surface area contributed by atoms with Crippen LogP contribution in [0.3, 0.4) is 0 Å². The van der Waals surface area contributed by atoms with Crippen molar-refractivity contribution < 1.29 is 9.47 Å². The van der Waals surface area contributed by atoms with Gasteiger partial charge in [-0.05, 0) is 51.3 Å². The molecular weight excluding hydrogens is 417 g/mol. The van der Waals surface area contributed by atoms with E-state index in [9.17, 15) is 0 Å². The highest BCUT2D eigenvalue weighted by molar-refractivity contribution is 14.0. The molecule has 1 aliphatic heterocycles. The number of ether oxygens (including phenoxy) is 2. The fourth-order valence-corrected chi connectivity index (χ4v) is 2.65. The van der Waals surface area contributed by atoms with E-state index < -0.39 is 0 Å². The summed E-state index contributed by atoms with van der Waals surface area (Å²) < 4.78 is 11.5. The number of rotatable bonds is 6. The molecule has 6 heteroatoms. The molecule has 24 heavy (non-hydrogen) atoms. The molecule has 0 saturated carbocycles. The second-order valence-electron chi connectivity index (χ2n) is 6.50. The maximum atomic E-state index is 5.79. The van der Waals surface area contributed by atoms with Gasteiger partial charge in [0.05, 0.1) is 11.7 Å². The van der Waals surface area contributed by atoms with Crippen molar-refractivity contribution in [3.05, 3.63) is 29.8 Å². The lowest BCUT2D eigenvalue weighted by Gasteiger charge is -2.24. The van der Waals surface area contributed by atoms with Gasteiger partial charge in [0, 0.05) is 26.7 Å². The Morgan fingerprint density at radius 3 is 2.79 bits per heavy atom. The molecule has 2 rings (SSSR count). The smallest absolute Gasteiger partial charge is 0.191 e. The average molecular weight is 447 g/mol. The van der Waals surface area contributed by atoms with Crippen molar-refractivity contribution >= 4 is 29.9 Å². The van der Waals surface area contributed by atoms with Gasteiger partial charge in [0.2, 0.25) is 0 Å². The van der Waals surface area contributed by atoms with Crippen LogP contribution in [0.5, 0.6) is 5.75 Å². The van der Waals surface area contributed by atoms with E-state index in [-0.39, 0.29) is 35.7 Å². The van der Waals surface area contributed by atoms with E-state index in [0.29, 0.717) is 6.54 Å². The van der Waals surface area contributed by atoms with Crippen LogP contribution in [0.4, 0.5) is 0 Å². The molecule has 0 aliphatic carbocycles. The molecule has 1 saturated heterocycles. The predicted octanol–water partition coefficient (Wildman–Crippen LogP) is 3.33. The second-order valence-corrected chi connectivity index (χ2v) is 6.50. The van der Waals surface area contributed by atoms with E-state index >= 15 is 0 Å². The number of hydrogen-bond acceptors (Lipinski definition) is 3. The Morgan fingerprint density at radius 1 is 1.38 bits per heavy atom. The molecule has 136 valence electrons. The van der Waals surface area contributed by atoms with Gasteiger partial charge in [-0.1, -0.05) is 12.1 Å². The first-order valence-corrected chi connectivity index (χ1v) is 8.35. The van der Waals surface area contributed by atoms with Crippen LogP contribution in [0.2, 0.25) is 0 Å². The number of aliphatic imine (C=N–C) groups is 1. The first-order chi connectivity index (χ1) is 11.0. The average Bonchev–Trinajstić information content (AvgIpc) is 2.94. The number of benzene rings is 1. The van der Waals surface area contributed by atoms with Gasteiger partial charge in [0.1, 0.15) is 5.75 Å². The van der Waals surface area contributed by atoms with E-state index in [0.717, 1.165) is 43.3 Å². The topological polar surface area (TPSA) is 54.9 Å². The Balaban J connectivity index is 0.00000288. The third-order valence-electron chi connectivity index (χ3n) is 3.88. The third-order valence-corrected chi connectivity index (χ3v) is 3.88. The summed E-state index contributed by atoms with van der Waals surface area (Å²) in [7, 11) is 1.78. The molecular formula is C18H30IN3O2. The number of hydrogen-bond donors (Lipinski definition) is 2. The summed E-state index contributed by atoms with van der Waals surface area (Å²) in [6, 6.07) is 8.13. The fraction of sp³-hybridized carbons (Fsp3) is 0.611. The van der Waals surface area contributed by atoms with Crippen LogP contribution in [0.15, 0.2) is 29.3 Å². The highest BCUT2D eigenvalue weighted by Gasteiger charge is 2.29. The molecule has 0 spiro atoms. The van der Waals surface area contributed by atoms with E-state index in [2.05, 4.69) is 34.7 Å². The van der Waals surface area contributed by atoms with Crippen LogP contribution < -0.4 is 15.4 Å². The summed E-state index contributed by atoms with van der Waals surface area (Å²) in [5.41, 5.74) is 1.08. The Labute approximate surface area is 162 Å². The monoisotopic (exact) mass is 447 g/mol.